The Balaban J connectivity index is 2.53. The van der Waals surface area contributed by atoms with Crippen LogP contribution in [0.3, 0.4) is 0 Å². The molecule has 0 saturated heterocycles. The second-order valence-corrected chi connectivity index (χ2v) is 4.12. The van der Waals surface area contributed by atoms with E-state index in [1.165, 1.54) is 5.56 Å². The van der Waals surface area contributed by atoms with Gasteiger partial charge in [0.05, 0.1) is 0 Å². The van der Waals surface area contributed by atoms with Gasteiger partial charge in [0.15, 0.2) is 0 Å². The molecule has 0 nitrogen and oxygen atoms in total. The standard InChI is InChI=1S/C18H20/c1-4-16(3)15-17(5-2)11-9-10-14-18-12-7-6-8-13-18/h4-8,12-13,15H,1,10,14H2,2-3H3/b16-15-,17-5-. The number of aryl methyl sites for hydroxylation is 1. The molecule has 0 radical (unpaired) electrons. The Morgan fingerprint density at radius 1 is 1.28 bits per heavy atom. The van der Waals surface area contributed by atoms with E-state index in [1.807, 2.05) is 32.1 Å². The number of hydrogen-bond acceptors (Lipinski definition) is 0. The van der Waals surface area contributed by atoms with Crippen molar-refractivity contribution < 1.29 is 0 Å². The molecule has 0 aliphatic heterocycles. The minimum atomic E-state index is 0.891. The van der Waals surface area contributed by atoms with Gasteiger partial charge >= 0.3 is 0 Å². The van der Waals surface area contributed by atoms with Crippen LogP contribution in [-0.2, 0) is 6.42 Å². The van der Waals surface area contributed by atoms with Gasteiger partial charge < -0.3 is 0 Å². The fourth-order valence-electron chi connectivity index (χ4n) is 1.51. The molecular weight excluding hydrogens is 216 g/mol. The smallest absolute Gasteiger partial charge is 0.0205 e. The van der Waals surface area contributed by atoms with Crippen LogP contribution >= 0.6 is 0 Å². The van der Waals surface area contributed by atoms with Gasteiger partial charge in [0, 0.05) is 12.0 Å². The van der Waals surface area contributed by atoms with E-state index >= 15 is 0 Å². The largest absolute Gasteiger partial charge is 0.0988 e. The van der Waals surface area contributed by atoms with Crippen molar-refractivity contribution in [3.8, 4) is 11.8 Å². The van der Waals surface area contributed by atoms with Gasteiger partial charge in [-0.25, -0.2) is 0 Å². The number of rotatable bonds is 4. The van der Waals surface area contributed by atoms with Gasteiger partial charge in [0.2, 0.25) is 0 Å². The summed E-state index contributed by atoms with van der Waals surface area (Å²) in [6, 6.07) is 10.4. The summed E-state index contributed by atoms with van der Waals surface area (Å²) in [6.07, 6.45) is 7.83. The molecule has 0 heterocycles. The van der Waals surface area contributed by atoms with Crippen molar-refractivity contribution in [3.63, 3.8) is 0 Å². The summed E-state index contributed by atoms with van der Waals surface area (Å²) in [5, 5.41) is 0. The molecule has 0 bridgehead atoms. The van der Waals surface area contributed by atoms with E-state index in [2.05, 4.69) is 48.8 Å². The maximum Gasteiger partial charge on any atom is 0.0205 e. The van der Waals surface area contributed by atoms with Crippen molar-refractivity contribution in [2.24, 2.45) is 0 Å². The van der Waals surface area contributed by atoms with Gasteiger partial charge in [0.25, 0.3) is 0 Å². The first kappa shape index (κ1) is 14.1. The van der Waals surface area contributed by atoms with Crippen LogP contribution < -0.4 is 0 Å². The average molecular weight is 236 g/mol. The third-order valence-electron chi connectivity index (χ3n) is 2.63. The lowest BCUT2D eigenvalue weighted by Crippen LogP contribution is -1.82. The second-order valence-electron chi connectivity index (χ2n) is 4.12. The topological polar surface area (TPSA) is 0 Å². The predicted octanol–water partition coefficient (Wildman–Crippen LogP) is 4.70. The Hall–Kier alpha value is -2.00. The molecule has 0 saturated carbocycles. The highest BCUT2D eigenvalue weighted by Gasteiger charge is 1.89. The molecule has 0 aliphatic carbocycles. The van der Waals surface area contributed by atoms with Crippen molar-refractivity contribution in [1.82, 2.24) is 0 Å². The molecule has 0 aliphatic rings. The SMILES string of the molecule is C=C/C(C)=C\C(C#CCCc1ccccc1)=C/C. The van der Waals surface area contributed by atoms with Gasteiger partial charge in [-0.3, -0.25) is 0 Å². The maximum atomic E-state index is 3.74. The summed E-state index contributed by atoms with van der Waals surface area (Å²) in [6.45, 7) is 7.78. The fraction of sp³-hybridized carbons (Fsp3) is 0.222. The minimum Gasteiger partial charge on any atom is -0.0988 e. The van der Waals surface area contributed by atoms with Crippen LogP contribution in [0, 0.1) is 11.8 Å². The quantitative estimate of drug-likeness (QED) is 0.525. The van der Waals surface area contributed by atoms with Crippen LogP contribution in [0.25, 0.3) is 0 Å². The Kier molecular flexibility index (Phi) is 6.36. The molecule has 0 fully saturated rings. The van der Waals surface area contributed by atoms with Crippen LogP contribution in [0.1, 0.15) is 25.8 Å². The first-order chi connectivity index (χ1) is 8.76. The average Bonchev–Trinajstić information content (AvgIpc) is 2.43. The molecule has 0 heteroatoms. The van der Waals surface area contributed by atoms with Crippen LogP contribution in [-0.4, -0.2) is 0 Å². The van der Waals surface area contributed by atoms with E-state index < -0.39 is 0 Å². The summed E-state index contributed by atoms with van der Waals surface area (Å²) < 4.78 is 0. The van der Waals surface area contributed by atoms with E-state index in [9.17, 15) is 0 Å². The van der Waals surface area contributed by atoms with Crippen molar-refractivity contribution in [2.45, 2.75) is 26.7 Å². The van der Waals surface area contributed by atoms with Crippen molar-refractivity contribution in [2.75, 3.05) is 0 Å². The van der Waals surface area contributed by atoms with E-state index in [-0.39, 0.29) is 0 Å². The van der Waals surface area contributed by atoms with Crippen LogP contribution in [0.4, 0.5) is 0 Å². The molecule has 0 amide bonds. The highest BCUT2D eigenvalue weighted by molar-refractivity contribution is 5.41. The van der Waals surface area contributed by atoms with Gasteiger partial charge in [-0.15, -0.1) is 0 Å². The van der Waals surface area contributed by atoms with Crippen LogP contribution in [0.15, 0.2) is 66.3 Å². The lowest BCUT2D eigenvalue weighted by molar-refractivity contribution is 1.03. The highest BCUT2D eigenvalue weighted by atomic mass is 13.9. The third kappa shape index (κ3) is 5.37. The molecule has 1 aromatic carbocycles. The number of benzene rings is 1. The lowest BCUT2D eigenvalue weighted by Gasteiger charge is -1.95. The van der Waals surface area contributed by atoms with Crippen LogP contribution in [0.5, 0.6) is 0 Å². The predicted molar refractivity (Wildman–Crippen MR) is 80.3 cm³/mol. The zero-order valence-corrected chi connectivity index (χ0v) is 11.2. The number of hydrogen-bond donors (Lipinski definition) is 0. The summed E-state index contributed by atoms with van der Waals surface area (Å²) in [5.74, 6) is 6.41. The monoisotopic (exact) mass is 236 g/mol. The summed E-state index contributed by atoms with van der Waals surface area (Å²) >= 11 is 0. The molecule has 18 heavy (non-hydrogen) atoms. The Labute approximate surface area is 111 Å². The zero-order chi connectivity index (χ0) is 13.2. The number of allylic oxidation sites excluding steroid dienone is 5. The van der Waals surface area contributed by atoms with Gasteiger partial charge in [0.1, 0.15) is 0 Å². The summed E-state index contributed by atoms with van der Waals surface area (Å²) in [5.41, 5.74) is 3.53. The molecule has 0 aromatic heterocycles. The Morgan fingerprint density at radius 3 is 2.61 bits per heavy atom. The summed E-state index contributed by atoms with van der Waals surface area (Å²) in [4.78, 5) is 0. The van der Waals surface area contributed by atoms with E-state index in [4.69, 9.17) is 0 Å². The van der Waals surface area contributed by atoms with Gasteiger partial charge in [-0.05, 0) is 31.9 Å². The Bertz CT molecular complexity index is 490. The van der Waals surface area contributed by atoms with Gasteiger partial charge in [-0.1, -0.05) is 66.5 Å². The van der Waals surface area contributed by atoms with Crippen LogP contribution in [0.2, 0.25) is 0 Å². The second kappa shape index (κ2) is 8.14. The first-order valence-electron chi connectivity index (χ1n) is 6.26. The maximum absolute atomic E-state index is 3.74. The minimum absolute atomic E-state index is 0.891. The van der Waals surface area contributed by atoms with E-state index in [0.29, 0.717) is 0 Å². The molecule has 1 rings (SSSR count). The molecular formula is C18H20. The highest BCUT2D eigenvalue weighted by Crippen LogP contribution is 2.04. The lowest BCUT2D eigenvalue weighted by atomic mass is 10.1. The molecule has 0 spiro atoms. The Morgan fingerprint density at radius 2 is 2.00 bits per heavy atom. The summed E-state index contributed by atoms with van der Waals surface area (Å²) in [7, 11) is 0. The van der Waals surface area contributed by atoms with Crippen molar-refractivity contribution >= 4 is 0 Å². The zero-order valence-electron chi connectivity index (χ0n) is 11.2. The van der Waals surface area contributed by atoms with Crippen molar-refractivity contribution in [1.29, 1.82) is 0 Å². The van der Waals surface area contributed by atoms with Crippen molar-refractivity contribution in [3.05, 3.63) is 71.8 Å². The molecule has 0 unspecified atom stereocenters. The molecule has 0 atom stereocenters. The third-order valence-corrected chi connectivity index (χ3v) is 2.63. The fourth-order valence-corrected chi connectivity index (χ4v) is 1.51. The first-order valence-corrected chi connectivity index (χ1v) is 6.26. The van der Waals surface area contributed by atoms with Gasteiger partial charge in [-0.2, -0.15) is 0 Å². The molecule has 1 aromatic rings. The normalized spacial score (nSPS) is 11.7. The molecule has 0 N–H and O–H groups in total. The van der Waals surface area contributed by atoms with E-state index in [1.54, 1.807) is 0 Å². The molecule has 92 valence electrons. The van der Waals surface area contributed by atoms with E-state index in [0.717, 1.165) is 24.0 Å².